The predicted molar refractivity (Wildman–Crippen MR) is 61.1 cm³/mol. The Balaban J connectivity index is 2.59. The van der Waals surface area contributed by atoms with E-state index >= 15 is 0 Å². The van der Waals surface area contributed by atoms with E-state index in [2.05, 4.69) is 4.84 Å². The van der Waals surface area contributed by atoms with Gasteiger partial charge >= 0.3 is 5.97 Å². The average molecular weight is 244 g/mol. The molecule has 0 unspecified atom stereocenters. The third-order valence-electron chi connectivity index (χ3n) is 2.01. The van der Waals surface area contributed by atoms with Crippen LogP contribution < -0.4 is 10.6 Å². The molecule has 2 N–H and O–H groups in total. The zero-order chi connectivity index (χ0) is 12.0. The van der Waals surface area contributed by atoms with Crippen LogP contribution >= 0.6 is 11.6 Å². The first-order valence-corrected chi connectivity index (χ1v) is 5.38. The molecule has 0 bridgehead atoms. The monoisotopic (exact) mass is 243 g/mol. The molecule has 1 aromatic carbocycles. The van der Waals surface area contributed by atoms with Crippen molar-refractivity contribution in [2.24, 2.45) is 5.90 Å². The van der Waals surface area contributed by atoms with Gasteiger partial charge in [-0.15, -0.1) is 0 Å². The number of hydrogen-bond acceptors (Lipinski definition) is 4. The molecule has 0 saturated carbocycles. The van der Waals surface area contributed by atoms with Crippen molar-refractivity contribution in [2.45, 2.75) is 25.9 Å². The van der Waals surface area contributed by atoms with Crippen LogP contribution in [0.5, 0.6) is 5.75 Å². The van der Waals surface area contributed by atoms with E-state index in [0.717, 1.165) is 6.42 Å². The lowest BCUT2D eigenvalue weighted by atomic mass is 10.2. The lowest BCUT2D eigenvalue weighted by Crippen LogP contribution is -2.31. The maximum Gasteiger partial charge on any atom is 0.342 e. The third-order valence-corrected chi connectivity index (χ3v) is 2.26. The Bertz CT molecular complexity index is 340. The van der Waals surface area contributed by atoms with Crippen LogP contribution in [0.4, 0.5) is 0 Å². The number of hydrogen-bond donors (Lipinski definition) is 1. The molecule has 88 valence electrons. The fraction of sp³-hybridized carbons (Fsp3) is 0.364. The Kier molecular flexibility index (Phi) is 5.25. The highest BCUT2D eigenvalue weighted by Crippen LogP contribution is 2.16. The molecule has 0 radical (unpaired) electrons. The second-order valence-electron chi connectivity index (χ2n) is 3.29. The number of carbonyl (C=O) groups excluding carboxylic acids is 1. The highest BCUT2D eigenvalue weighted by atomic mass is 35.5. The quantitative estimate of drug-likeness (QED) is 0.490. The predicted octanol–water partition coefficient (Wildman–Crippen LogP) is 2.30. The molecule has 0 saturated heterocycles. The normalized spacial score (nSPS) is 12.2. The zero-order valence-corrected chi connectivity index (χ0v) is 9.74. The molecule has 0 heterocycles. The van der Waals surface area contributed by atoms with Gasteiger partial charge in [0.05, 0.1) is 0 Å². The summed E-state index contributed by atoms with van der Waals surface area (Å²) in [5.74, 6) is 4.95. The van der Waals surface area contributed by atoms with Gasteiger partial charge in [0.15, 0.2) is 6.10 Å². The number of carbonyl (C=O) groups is 1. The van der Waals surface area contributed by atoms with Gasteiger partial charge in [-0.05, 0) is 30.7 Å². The minimum atomic E-state index is -0.722. The minimum Gasteiger partial charge on any atom is -0.425 e. The van der Waals surface area contributed by atoms with E-state index < -0.39 is 12.1 Å². The highest BCUT2D eigenvalue weighted by Gasteiger charge is 2.19. The van der Waals surface area contributed by atoms with Crippen LogP contribution in [-0.2, 0) is 9.63 Å². The lowest BCUT2D eigenvalue weighted by molar-refractivity contribution is -0.148. The molecule has 1 aromatic rings. The summed E-state index contributed by atoms with van der Waals surface area (Å²) in [6, 6.07) is 6.50. The van der Waals surface area contributed by atoms with Crippen LogP contribution in [0.1, 0.15) is 19.8 Å². The Morgan fingerprint density at radius 1 is 1.44 bits per heavy atom. The standard InChI is InChI=1S/C11H14ClNO3/c1-2-3-10(16-13)11(14)15-9-6-4-8(12)5-7-9/h4-7,10H,2-3,13H2,1H3/t10-/m1/s1. The second-order valence-corrected chi connectivity index (χ2v) is 3.72. The van der Waals surface area contributed by atoms with Crippen molar-refractivity contribution >= 4 is 17.6 Å². The third kappa shape index (κ3) is 3.81. The van der Waals surface area contributed by atoms with E-state index in [0.29, 0.717) is 17.2 Å². The van der Waals surface area contributed by atoms with Crippen molar-refractivity contribution in [3.8, 4) is 5.75 Å². The van der Waals surface area contributed by atoms with Gasteiger partial charge in [-0.3, -0.25) is 4.84 Å². The number of ether oxygens (including phenoxy) is 1. The van der Waals surface area contributed by atoms with Gasteiger partial charge in [0.25, 0.3) is 0 Å². The molecular weight excluding hydrogens is 230 g/mol. The Morgan fingerprint density at radius 3 is 2.56 bits per heavy atom. The fourth-order valence-corrected chi connectivity index (χ4v) is 1.31. The van der Waals surface area contributed by atoms with Crippen molar-refractivity contribution < 1.29 is 14.4 Å². The van der Waals surface area contributed by atoms with Crippen LogP contribution in [-0.4, -0.2) is 12.1 Å². The van der Waals surface area contributed by atoms with Gasteiger partial charge in [-0.25, -0.2) is 10.7 Å². The summed E-state index contributed by atoms with van der Waals surface area (Å²) < 4.78 is 5.07. The van der Waals surface area contributed by atoms with Crippen molar-refractivity contribution in [3.05, 3.63) is 29.3 Å². The Hall–Kier alpha value is -1.10. The van der Waals surface area contributed by atoms with Crippen LogP contribution in [0.15, 0.2) is 24.3 Å². The molecule has 1 atom stereocenters. The number of nitrogens with two attached hydrogens (primary N) is 1. The first-order valence-electron chi connectivity index (χ1n) is 5.00. The van der Waals surface area contributed by atoms with Crippen LogP contribution in [0.25, 0.3) is 0 Å². The minimum absolute atomic E-state index is 0.424. The fourth-order valence-electron chi connectivity index (χ4n) is 1.19. The maximum atomic E-state index is 11.6. The van der Waals surface area contributed by atoms with Crippen LogP contribution in [0.2, 0.25) is 5.02 Å². The van der Waals surface area contributed by atoms with E-state index in [1.807, 2.05) is 6.92 Å². The number of rotatable bonds is 5. The summed E-state index contributed by atoms with van der Waals surface area (Å²) in [6.45, 7) is 1.93. The summed E-state index contributed by atoms with van der Waals surface area (Å²) in [5.41, 5.74) is 0. The summed E-state index contributed by atoms with van der Waals surface area (Å²) in [4.78, 5) is 16.1. The molecule has 5 heteroatoms. The summed E-state index contributed by atoms with van der Waals surface area (Å²) >= 11 is 5.70. The molecule has 4 nitrogen and oxygen atoms in total. The van der Waals surface area contributed by atoms with Gasteiger partial charge in [0, 0.05) is 5.02 Å². The van der Waals surface area contributed by atoms with Gasteiger partial charge in [-0.1, -0.05) is 24.9 Å². The number of halogens is 1. The lowest BCUT2D eigenvalue weighted by Gasteiger charge is -2.12. The van der Waals surface area contributed by atoms with Gasteiger partial charge in [0.1, 0.15) is 5.75 Å². The van der Waals surface area contributed by atoms with Crippen molar-refractivity contribution in [1.29, 1.82) is 0 Å². The van der Waals surface area contributed by atoms with Gasteiger partial charge < -0.3 is 4.74 Å². The molecule has 1 rings (SSSR count). The first kappa shape index (κ1) is 13.0. The summed E-state index contributed by atoms with van der Waals surface area (Å²) in [6.07, 6.45) is 0.598. The molecule has 0 spiro atoms. The van der Waals surface area contributed by atoms with E-state index in [-0.39, 0.29) is 0 Å². The molecular formula is C11H14ClNO3. The van der Waals surface area contributed by atoms with Gasteiger partial charge in [-0.2, -0.15) is 0 Å². The molecule has 16 heavy (non-hydrogen) atoms. The van der Waals surface area contributed by atoms with Crippen molar-refractivity contribution in [3.63, 3.8) is 0 Å². The molecule has 0 aliphatic heterocycles. The van der Waals surface area contributed by atoms with E-state index in [1.165, 1.54) is 0 Å². The van der Waals surface area contributed by atoms with E-state index in [4.69, 9.17) is 22.2 Å². The molecule has 0 amide bonds. The van der Waals surface area contributed by atoms with Crippen LogP contribution in [0.3, 0.4) is 0 Å². The average Bonchev–Trinajstić information content (AvgIpc) is 2.29. The van der Waals surface area contributed by atoms with Gasteiger partial charge in [0.2, 0.25) is 0 Å². The SMILES string of the molecule is CCC[C@@H](ON)C(=O)Oc1ccc(Cl)cc1. The topological polar surface area (TPSA) is 61.5 Å². The van der Waals surface area contributed by atoms with Crippen LogP contribution in [0, 0.1) is 0 Å². The molecule has 0 fully saturated rings. The van der Waals surface area contributed by atoms with Crippen molar-refractivity contribution in [2.75, 3.05) is 0 Å². The van der Waals surface area contributed by atoms with E-state index in [9.17, 15) is 4.79 Å². The largest absolute Gasteiger partial charge is 0.425 e. The Labute approximate surface area is 99.2 Å². The highest BCUT2D eigenvalue weighted by molar-refractivity contribution is 6.30. The number of benzene rings is 1. The summed E-state index contributed by atoms with van der Waals surface area (Å²) in [7, 11) is 0. The first-order chi connectivity index (χ1) is 7.67. The molecule has 0 aliphatic carbocycles. The number of esters is 1. The van der Waals surface area contributed by atoms with Crippen molar-refractivity contribution in [1.82, 2.24) is 0 Å². The Morgan fingerprint density at radius 2 is 2.06 bits per heavy atom. The summed E-state index contributed by atoms with van der Waals surface area (Å²) in [5, 5.41) is 0.583. The smallest absolute Gasteiger partial charge is 0.342 e. The van der Waals surface area contributed by atoms with E-state index in [1.54, 1.807) is 24.3 Å². The maximum absolute atomic E-state index is 11.6. The molecule has 0 aliphatic rings. The molecule has 0 aromatic heterocycles. The zero-order valence-electron chi connectivity index (χ0n) is 8.98. The second kappa shape index (κ2) is 6.48.